The van der Waals surface area contributed by atoms with Crippen LogP contribution in [0.3, 0.4) is 0 Å². The number of ether oxygens (including phenoxy) is 1. The van der Waals surface area contributed by atoms with Gasteiger partial charge in [-0.15, -0.1) is 0 Å². The molecule has 1 saturated carbocycles. The van der Waals surface area contributed by atoms with Gasteiger partial charge in [-0.25, -0.2) is 0 Å². The molecule has 0 radical (unpaired) electrons. The lowest BCUT2D eigenvalue weighted by atomic mass is 9.89. The highest BCUT2D eigenvalue weighted by molar-refractivity contribution is 6.82. The van der Waals surface area contributed by atoms with E-state index in [0.717, 1.165) is 13.0 Å². The molecule has 3 aliphatic carbocycles. The molecule has 2 heterocycles. The van der Waals surface area contributed by atoms with Crippen LogP contribution in [0.25, 0.3) is 0 Å². The quantitative estimate of drug-likeness (QED) is 0.166. The SMILES string of the molecule is Cc1ccc2c(c1)C1C(c3ccccc3C1[Si](C)(CCCCCCOC(C)(C)C)C1C3C=CC=CC3C3C1c1cc(C)ccc1N3C)N2C. The summed E-state index contributed by atoms with van der Waals surface area (Å²) in [5, 5.41) is 0. The third-order valence-corrected chi connectivity index (χ3v) is 19.2. The standard InChI is InChI=1S/C45H58N2OSi/c1-29-21-23-37-35(27-29)39-41(46(37)6)31-17-11-13-19-33(31)43(39)49(8,26-16-10-9-15-25-48-45(3,4)5)44-34-20-14-12-18-32(34)42-40(44)36-28-30(2)22-24-38(36)47(42)7/h11-14,17-24,27-28,31,33,39-44H,9-10,15-16,25-26H2,1-8H3. The molecular weight excluding hydrogens is 613 g/mol. The maximum atomic E-state index is 6.12. The highest BCUT2D eigenvalue weighted by atomic mass is 28.3. The number of rotatable bonds is 9. The minimum absolute atomic E-state index is 0.0540. The zero-order chi connectivity index (χ0) is 34.2. The molecule has 3 aromatic carbocycles. The second kappa shape index (κ2) is 12.3. The van der Waals surface area contributed by atoms with Crippen molar-refractivity contribution in [1.82, 2.24) is 0 Å². The van der Waals surface area contributed by atoms with Crippen molar-refractivity contribution in [3.05, 3.63) is 118 Å². The number of anilines is 2. The number of hydrogen-bond acceptors (Lipinski definition) is 3. The first-order valence-corrected chi connectivity index (χ1v) is 22.1. The number of likely N-dealkylation sites (N-methyl/N-ethyl adjacent to an activating group) is 2. The molecule has 4 heteroatoms. The Morgan fingerprint density at radius 1 is 0.694 bits per heavy atom. The van der Waals surface area contributed by atoms with Crippen molar-refractivity contribution < 1.29 is 4.74 Å². The van der Waals surface area contributed by atoms with Gasteiger partial charge < -0.3 is 14.5 Å². The summed E-state index contributed by atoms with van der Waals surface area (Å²) < 4.78 is 6.12. The Labute approximate surface area is 297 Å². The van der Waals surface area contributed by atoms with Crippen molar-refractivity contribution in [2.24, 2.45) is 11.8 Å². The van der Waals surface area contributed by atoms with Crippen LogP contribution in [0.15, 0.2) is 85.0 Å². The van der Waals surface area contributed by atoms with Gasteiger partial charge >= 0.3 is 0 Å². The Morgan fingerprint density at radius 3 is 2.00 bits per heavy atom. The van der Waals surface area contributed by atoms with Gasteiger partial charge in [0.15, 0.2) is 0 Å². The molecule has 0 aromatic heterocycles. The number of unbranched alkanes of at least 4 members (excludes halogenated alkanes) is 3. The molecule has 9 unspecified atom stereocenters. The normalized spacial score (nSPS) is 30.1. The molecule has 49 heavy (non-hydrogen) atoms. The molecule has 1 fully saturated rings. The molecule has 0 spiro atoms. The van der Waals surface area contributed by atoms with Crippen LogP contribution >= 0.6 is 0 Å². The lowest BCUT2D eigenvalue weighted by Crippen LogP contribution is -2.48. The van der Waals surface area contributed by atoms with Gasteiger partial charge in [-0.3, -0.25) is 0 Å². The van der Waals surface area contributed by atoms with Crippen LogP contribution in [0.1, 0.15) is 103 Å². The maximum absolute atomic E-state index is 6.12. The zero-order valence-electron chi connectivity index (χ0n) is 31.2. The van der Waals surface area contributed by atoms with E-state index in [1.807, 2.05) is 0 Å². The van der Waals surface area contributed by atoms with Crippen molar-refractivity contribution in [3.8, 4) is 0 Å². The number of aryl methyl sites for hydroxylation is 2. The van der Waals surface area contributed by atoms with Crippen LogP contribution in [0, 0.1) is 25.7 Å². The minimum Gasteiger partial charge on any atom is -0.376 e. The average Bonchev–Trinajstić information content (AvgIpc) is 3.76. The van der Waals surface area contributed by atoms with E-state index in [9.17, 15) is 0 Å². The lowest BCUT2D eigenvalue weighted by molar-refractivity contribution is -0.00471. The highest BCUT2D eigenvalue weighted by Crippen LogP contribution is 2.71. The van der Waals surface area contributed by atoms with Crippen molar-refractivity contribution in [3.63, 3.8) is 0 Å². The van der Waals surface area contributed by atoms with Gasteiger partial charge in [-0.05, 0) is 92.4 Å². The zero-order valence-corrected chi connectivity index (χ0v) is 32.2. The predicted octanol–water partition coefficient (Wildman–Crippen LogP) is 11.0. The van der Waals surface area contributed by atoms with E-state index in [4.69, 9.17) is 4.74 Å². The van der Waals surface area contributed by atoms with Gasteiger partial charge in [0, 0.05) is 55.9 Å². The molecule has 3 aromatic rings. The molecule has 8 rings (SSSR count). The molecule has 9 atom stereocenters. The van der Waals surface area contributed by atoms with Crippen molar-refractivity contribution in [2.75, 3.05) is 30.5 Å². The summed E-state index contributed by atoms with van der Waals surface area (Å²) in [5.41, 5.74) is 13.5. The summed E-state index contributed by atoms with van der Waals surface area (Å²) in [6, 6.07) is 26.7. The molecule has 0 bridgehead atoms. The van der Waals surface area contributed by atoms with Crippen molar-refractivity contribution in [2.45, 2.75) is 113 Å². The first-order valence-electron chi connectivity index (χ1n) is 19.2. The van der Waals surface area contributed by atoms with Crippen molar-refractivity contribution >= 4 is 19.4 Å². The number of allylic oxidation sites excluding steroid dienone is 3. The Kier molecular flexibility index (Phi) is 8.31. The van der Waals surface area contributed by atoms with Gasteiger partial charge in [0.25, 0.3) is 0 Å². The second-order valence-corrected chi connectivity index (χ2v) is 22.3. The van der Waals surface area contributed by atoms with E-state index >= 15 is 0 Å². The molecule has 0 amide bonds. The molecule has 3 nitrogen and oxygen atoms in total. The van der Waals surface area contributed by atoms with E-state index in [1.165, 1.54) is 47.8 Å². The van der Waals surface area contributed by atoms with Crippen LogP contribution in [0.2, 0.25) is 18.1 Å². The average molecular weight is 671 g/mol. The van der Waals surface area contributed by atoms with E-state index < -0.39 is 8.07 Å². The Morgan fingerprint density at radius 2 is 1.31 bits per heavy atom. The van der Waals surface area contributed by atoms with E-state index in [1.54, 1.807) is 22.3 Å². The van der Waals surface area contributed by atoms with Crippen LogP contribution in [-0.2, 0) is 4.74 Å². The molecule has 5 aliphatic rings. The Hall–Kier alpha value is -3.08. The van der Waals surface area contributed by atoms with Crippen LogP contribution in [0.5, 0.6) is 0 Å². The Balaban J connectivity index is 1.25. The first kappa shape index (κ1) is 33.1. The predicted molar refractivity (Wildman–Crippen MR) is 210 cm³/mol. The molecular formula is C45H58N2OSi. The van der Waals surface area contributed by atoms with E-state index in [-0.39, 0.29) is 5.60 Å². The topological polar surface area (TPSA) is 15.7 Å². The summed E-state index contributed by atoms with van der Waals surface area (Å²) >= 11 is 0. The first-order chi connectivity index (χ1) is 23.5. The van der Waals surface area contributed by atoms with Gasteiger partial charge in [0.2, 0.25) is 0 Å². The molecule has 2 aliphatic heterocycles. The molecule has 0 N–H and O–H groups in total. The fourth-order valence-electron chi connectivity index (χ4n) is 11.7. The number of nitrogens with zero attached hydrogens (tertiary/aromatic N) is 2. The van der Waals surface area contributed by atoms with Crippen molar-refractivity contribution in [1.29, 1.82) is 0 Å². The third kappa shape index (κ3) is 5.30. The minimum atomic E-state index is -2.11. The summed E-state index contributed by atoms with van der Waals surface area (Å²) in [7, 11) is 2.66. The summed E-state index contributed by atoms with van der Waals surface area (Å²) in [4.78, 5) is 5.34. The molecule has 258 valence electrons. The lowest BCUT2D eigenvalue weighted by Gasteiger charge is -2.47. The maximum Gasteiger partial charge on any atom is 0.0634 e. The number of hydrogen-bond donors (Lipinski definition) is 0. The van der Waals surface area contributed by atoms with Gasteiger partial charge in [0.05, 0.1) is 19.7 Å². The van der Waals surface area contributed by atoms with E-state index in [0.29, 0.717) is 46.8 Å². The largest absolute Gasteiger partial charge is 0.376 e. The van der Waals surface area contributed by atoms with Crippen LogP contribution in [0.4, 0.5) is 11.4 Å². The molecule has 0 saturated heterocycles. The van der Waals surface area contributed by atoms with Crippen LogP contribution < -0.4 is 9.80 Å². The highest BCUT2D eigenvalue weighted by Gasteiger charge is 2.65. The summed E-state index contributed by atoms with van der Waals surface area (Å²) in [5.74, 6) is 2.25. The van der Waals surface area contributed by atoms with Gasteiger partial charge in [-0.2, -0.15) is 0 Å². The Bertz CT molecular complexity index is 1790. The van der Waals surface area contributed by atoms with Gasteiger partial charge in [-0.1, -0.05) is 116 Å². The fourth-order valence-corrected chi connectivity index (χ4v) is 18.3. The smallest absolute Gasteiger partial charge is 0.0634 e. The second-order valence-electron chi connectivity index (χ2n) is 17.5. The summed E-state index contributed by atoms with van der Waals surface area (Å²) in [6.45, 7) is 14.9. The summed E-state index contributed by atoms with van der Waals surface area (Å²) in [6.07, 6.45) is 15.0. The monoisotopic (exact) mass is 670 g/mol. The van der Waals surface area contributed by atoms with Gasteiger partial charge in [0.1, 0.15) is 0 Å². The third-order valence-electron chi connectivity index (χ3n) is 13.5. The fraction of sp³-hybridized carbons (Fsp3) is 0.511. The number of fused-ring (bicyclic) bond motifs is 10. The van der Waals surface area contributed by atoms with E-state index in [2.05, 4.69) is 150 Å². The van der Waals surface area contributed by atoms with Crippen LogP contribution in [-0.4, -0.2) is 40.4 Å². The number of benzene rings is 3.